The third kappa shape index (κ3) is 2.62. The van der Waals surface area contributed by atoms with E-state index in [0.717, 1.165) is 44.7 Å². The van der Waals surface area contributed by atoms with Crippen molar-refractivity contribution in [2.75, 3.05) is 33.7 Å². The second-order valence-electron chi connectivity index (χ2n) is 6.01. The van der Waals surface area contributed by atoms with Crippen molar-refractivity contribution in [3.05, 3.63) is 11.7 Å². The van der Waals surface area contributed by atoms with Gasteiger partial charge in [0, 0.05) is 13.0 Å². The lowest BCUT2D eigenvalue weighted by molar-refractivity contribution is -0.119. The Morgan fingerprint density at radius 1 is 1.25 bits per heavy atom. The Kier molecular flexibility index (Phi) is 3.85. The van der Waals surface area contributed by atoms with Crippen molar-refractivity contribution in [2.45, 2.75) is 37.6 Å². The molecule has 1 aliphatic heterocycles. The molecule has 1 aliphatic carbocycles. The number of rotatable bonds is 2. The molecule has 6 heteroatoms. The number of hydrogen-bond acceptors (Lipinski definition) is 6. The monoisotopic (exact) mass is 278 g/mol. The van der Waals surface area contributed by atoms with Crippen LogP contribution >= 0.6 is 0 Å². The van der Waals surface area contributed by atoms with Crippen LogP contribution in [-0.2, 0) is 4.79 Å². The van der Waals surface area contributed by atoms with E-state index in [9.17, 15) is 4.79 Å². The zero-order valence-corrected chi connectivity index (χ0v) is 12.2. The molecule has 1 saturated carbocycles. The van der Waals surface area contributed by atoms with E-state index in [1.165, 1.54) is 0 Å². The predicted molar refractivity (Wildman–Crippen MR) is 73.4 cm³/mol. The molecule has 2 aliphatic rings. The lowest BCUT2D eigenvalue weighted by Gasteiger charge is -2.24. The first-order chi connectivity index (χ1) is 9.65. The summed E-state index contributed by atoms with van der Waals surface area (Å²) >= 11 is 0. The van der Waals surface area contributed by atoms with Gasteiger partial charge in [-0.25, -0.2) is 0 Å². The van der Waals surface area contributed by atoms with Crippen molar-refractivity contribution in [1.82, 2.24) is 19.9 Å². The van der Waals surface area contributed by atoms with Crippen LogP contribution in [0.15, 0.2) is 4.52 Å². The summed E-state index contributed by atoms with van der Waals surface area (Å²) in [6.07, 6.45) is 3.58. The Labute approximate surface area is 119 Å². The highest BCUT2D eigenvalue weighted by atomic mass is 16.5. The number of hydrogen-bond donors (Lipinski definition) is 0. The molecule has 1 saturated heterocycles. The molecule has 20 heavy (non-hydrogen) atoms. The molecule has 0 spiro atoms. The fourth-order valence-corrected chi connectivity index (χ4v) is 3.15. The highest BCUT2D eigenvalue weighted by Crippen LogP contribution is 2.31. The lowest BCUT2D eigenvalue weighted by atomic mass is 10.1. The van der Waals surface area contributed by atoms with Crippen LogP contribution in [0.5, 0.6) is 0 Å². The standard InChI is InChI=1S/C14H22N4O2/c1-17-7-4-8-18(2)11(9-17)13-15-14(20-16-13)10-5-3-6-12(10)19/h10-11H,3-9H2,1-2H3. The number of aromatic nitrogens is 2. The largest absolute Gasteiger partial charge is 0.338 e. The van der Waals surface area contributed by atoms with Gasteiger partial charge in [0.25, 0.3) is 0 Å². The Morgan fingerprint density at radius 3 is 2.85 bits per heavy atom. The summed E-state index contributed by atoms with van der Waals surface area (Å²) in [6, 6.07) is 0.150. The van der Waals surface area contributed by atoms with E-state index in [2.05, 4.69) is 34.0 Å². The minimum atomic E-state index is -0.162. The summed E-state index contributed by atoms with van der Waals surface area (Å²) in [4.78, 5) is 20.9. The summed E-state index contributed by atoms with van der Waals surface area (Å²) in [5.41, 5.74) is 0. The topological polar surface area (TPSA) is 62.5 Å². The summed E-state index contributed by atoms with van der Waals surface area (Å²) in [6.45, 7) is 3.02. The van der Waals surface area contributed by atoms with Crippen LogP contribution in [0.25, 0.3) is 0 Å². The third-order valence-corrected chi connectivity index (χ3v) is 4.43. The molecule has 2 heterocycles. The fourth-order valence-electron chi connectivity index (χ4n) is 3.15. The van der Waals surface area contributed by atoms with Crippen LogP contribution < -0.4 is 0 Å². The quantitative estimate of drug-likeness (QED) is 0.810. The molecule has 1 aromatic rings. The van der Waals surface area contributed by atoms with Gasteiger partial charge in [0.1, 0.15) is 5.78 Å². The average Bonchev–Trinajstić information content (AvgIpc) is 3.00. The number of carbonyl (C=O) groups is 1. The number of ketones is 1. The maximum Gasteiger partial charge on any atom is 0.237 e. The second kappa shape index (κ2) is 5.61. The molecular weight excluding hydrogens is 256 g/mol. The fraction of sp³-hybridized carbons (Fsp3) is 0.786. The van der Waals surface area contributed by atoms with Crippen molar-refractivity contribution < 1.29 is 9.32 Å². The highest BCUT2D eigenvalue weighted by molar-refractivity contribution is 5.86. The molecule has 2 atom stereocenters. The smallest absolute Gasteiger partial charge is 0.237 e. The van der Waals surface area contributed by atoms with E-state index in [1.54, 1.807) is 0 Å². The van der Waals surface area contributed by atoms with Gasteiger partial charge in [-0.15, -0.1) is 0 Å². The van der Waals surface area contributed by atoms with Gasteiger partial charge >= 0.3 is 0 Å². The van der Waals surface area contributed by atoms with Crippen molar-refractivity contribution in [2.24, 2.45) is 0 Å². The van der Waals surface area contributed by atoms with E-state index < -0.39 is 0 Å². The summed E-state index contributed by atoms with van der Waals surface area (Å²) in [7, 11) is 4.22. The molecule has 2 unspecified atom stereocenters. The Morgan fingerprint density at radius 2 is 2.10 bits per heavy atom. The van der Waals surface area contributed by atoms with E-state index >= 15 is 0 Å². The van der Waals surface area contributed by atoms with Crippen molar-refractivity contribution in [1.29, 1.82) is 0 Å². The molecule has 0 radical (unpaired) electrons. The van der Waals surface area contributed by atoms with Gasteiger partial charge in [-0.1, -0.05) is 5.16 Å². The zero-order valence-electron chi connectivity index (χ0n) is 12.2. The third-order valence-electron chi connectivity index (χ3n) is 4.43. The number of Topliss-reactive ketones (excluding diaryl/α,β-unsaturated/α-hetero) is 1. The van der Waals surface area contributed by atoms with Crippen LogP contribution in [-0.4, -0.2) is 59.5 Å². The molecular formula is C14H22N4O2. The van der Waals surface area contributed by atoms with Crippen LogP contribution in [0.4, 0.5) is 0 Å². The molecule has 0 bridgehead atoms. The molecule has 0 aromatic carbocycles. The Hall–Kier alpha value is -1.27. The normalized spacial score (nSPS) is 29.8. The molecule has 3 rings (SSSR count). The highest BCUT2D eigenvalue weighted by Gasteiger charge is 2.33. The molecule has 110 valence electrons. The number of nitrogens with zero attached hydrogens (tertiary/aromatic N) is 4. The molecule has 1 aromatic heterocycles. The van der Waals surface area contributed by atoms with Crippen LogP contribution in [0, 0.1) is 0 Å². The summed E-state index contributed by atoms with van der Waals surface area (Å²) in [5.74, 6) is 1.32. The molecule has 2 fully saturated rings. The van der Waals surface area contributed by atoms with E-state index in [1.807, 2.05) is 0 Å². The minimum Gasteiger partial charge on any atom is -0.338 e. The van der Waals surface area contributed by atoms with Crippen molar-refractivity contribution in [3.63, 3.8) is 0 Å². The second-order valence-corrected chi connectivity index (χ2v) is 6.01. The van der Waals surface area contributed by atoms with E-state index in [-0.39, 0.29) is 17.7 Å². The van der Waals surface area contributed by atoms with Crippen molar-refractivity contribution >= 4 is 5.78 Å². The van der Waals surface area contributed by atoms with Crippen molar-refractivity contribution in [3.8, 4) is 0 Å². The number of carbonyl (C=O) groups excluding carboxylic acids is 1. The molecule has 6 nitrogen and oxygen atoms in total. The van der Waals surface area contributed by atoms with E-state index in [0.29, 0.717) is 12.3 Å². The Bertz CT molecular complexity index is 487. The summed E-state index contributed by atoms with van der Waals surface area (Å²) in [5, 5.41) is 4.14. The van der Waals surface area contributed by atoms with Gasteiger partial charge in [0.05, 0.1) is 12.0 Å². The molecule has 0 N–H and O–H groups in total. The van der Waals surface area contributed by atoms with Gasteiger partial charge in [0.15, 0.2) is 5.82 Å². The minimum absolute atomic E-state index is 0.150. The summed E-state index contributed by atoms with van der Waals surface area (Å²) < 4.78 is 5.37. The maximum absolute atomic E-state index is 11.8. The van der Waals surface area contributed by atoms with E-state index in [4.69, 9.17) is 4.52 Å². The molecule has 0 amide bonds. The average molecular weight is 278 g/mol. The first-order valence-corrected chi connectivity index (χ1v) is 7.40. The first kappa shape index (κ1) is 13.7. The predicted octanol–water partition coefficient (Wildman–Crippen LogP) is 1.21. The SMILES string of the molecule is CN1CCCN(C)C(c2noc(C3CCCC3=O)n2)C1. The van der Waals surface area contributed by atoms with Gasteiger partial charge in [-0.05, 0) is 46.4 Å². The lowest BCUT2D eigenvalue weighted by Crippen LogP contribution is -2.31. The zero-order chi connectivity index (χ0) is 14.1. The van der Waals surface area contributed by atoms with Crippen LogP contribution in [0.3, 0.4) is 0 Å². The van der Waals surface area contributed by atoms with Crippen LogP contribution in [0.1, 0.15) is 49.4 Å². The Balaban J connectivity index is 1.79. The first-order valence-electron chi connectivity index (χ1n) is 7.40. The van der Waals surface area contributed by atoms with Gasteiger partial charge < -0.3 is 9.42 Å². The van der Waals surface area contributed by atoms with Gasteiger partial charge in [-0.3, -0.25) is 9.69 Å². The van der Waals surface area contributed by atoms with Gasteiger partial charge in [-0.2, -0.15) is 4.98 Å². The number of likely N-dealkylation sites (N-methyl/N-ethyl adjacent to an activating group) is 2. The maximum atomic E-state index is 11.8. The van der Waals surface area contributed by atoms with Gasteiger partial charge in [0.2, 0.25) is 5.89 Å². The van der Waals surface area contributed by atoms with Crippen LogP contribution in [0.2, 0.25) is 0 Å².